The van der Waals surface area contributed by atoms with Gasteiger partial charge in [-0.3, -0.25) is 0 Å². The summed E-state index contributed by atoms with van der Waals surface area (Å²) in [5.74, 6) is -2.59. The minimum Gasteiger partial charge on any atom is -0.871 e. The van der Waals surface area contributed by atoms with Gasteiger partial charge < -0.3 is 24.8 Å². The first-order chi connectivity index (χ1) is 15.1. The molecule has 2 heterocycles. The van der Waals surface area contributed by atoms with Crippen LogP contribution in [0.3, 0.4) is 0 Å². The number of esters is 1. The molecule has 0 amide bonds. The Balaban J connectivity index is 0.00000162. The van der Waals surface area contributed by atoms with Gasteiger partial charge in [0.25, 0.3) is 0 Å². The van der Waals surface area contributed by atoms with Gasteiger partial charge in [-0.15, -0.1) is 0 Å². The van der Waals surface area contributed by atoms with Crippen LogP contribution in [0.25, 0.3) is 0 Å². The number of carboxylic acids is 1. The maximum Gasteiger partial charge on any atom is 1.00 e. The fourth-order valence-corrected chi connectivity index (χ4v) is 6.34. The third kappa shape index (κ3) is 3.95. The molecule has 0 saturated heterocycles. The Morgan fingerprint density at radius 3 is 1.82 bits per heavy atom. The third-order valence-electron chi connectivity index (χ3n) is 5.34. The molecule has 34 heavy (non-hydrogen) atoms. The van der Waals surface area contributed by atoms with Crippen LogP contribution < -0.4 is 74.1 Å². The molecule has 0 unspecified atom stereocenters. The number of ether oxygens (including phenoxy) is 2. The number of fused-ring (bicyclic) bond motifs is 6. The van der Waals surface area contributed by atoms with Crippen LogP contribution in [-0.4, -0.2) is 17.0 Å². The topological polar surface area (TPSA) is 119 Å². The minimum absolute atomic E-state index is 0. The summed E-state index contributed by atoms with van der Waals surface area (Å²) in [5, 5.41) is 34.5. The molecule has 0 aliphatic carbocycles. The van der Waals surface area contributed by atoms with E-state index in [1.165, 1.54) is 30.3 Å². The Morgan fingerprint density at radius 2 is 1.35 bits per heavy atom. The summed E-state index contributed by atoms with van der Waals surface area (Å²) in [6.07, 6.45) is 0. The van der Waals surface area contributed by atoms with Crippen LogP contribution in [0.5, 0.6) is 23.0 Å². The molecule has 0 bridgehead atoms. The zero-order valence-electron chi connectivity index (χ0n) is 17.3. The van der Waals surface area contributed by atoms with Crippen molar-refractivity contribution in [3.8, 4) is 23.0 Å². The normalized spacial score (nSPS) is 14.1. The van der Waals surface area contributed by atoms with Crippen molar-refractivity contribution in [2.45, 2.75) is 5.60 Å². The number of hydrogen-bond acceptors (Lipinski definition) is 6. The van der Waals surface area contributed by atoms with Gasteiger partial charge in [0.2, 0.25) is 0 Å². The number of carboxylic acid groups (broad SMARTS) is 1. The first-order valence-electron chi connectivity index (χ1n) is 8.76. The summed E-state index contributed by atoms with van der Waals surface area (Å²) in [5.41, 5.74) is -0.607. The molecule has 1 N–H and O–H groups in total. The van der Waals surface area contributed by atoms with Crippen molar-refractivity contribution in [1.82, 2.24) is 0 Å². The number of carbonyl (C=O) groups is 2. The second-order valence-corrected chi connectivity index (χ2v) is 10.3. The molecular formula is C21H6Br4Na2O7. The van der Waals surface area contributed by atoms with E-state index in [4.69, 9.17) is 9.47 Å². The molecule has 162 valence electrons. The zero-order valence-corrected chi connectivity index (χ0v) is 27.6. The second kappa shape index (κ2) is 10.00. The summed E-state index contributed by atoms with van der Waals surface area (Å²) in [6, 6.07) is 7.07. The van der Waals surface area contributed by atoms with Gasteiger partial charge in [0.1, 0.15) is 11.5 Å². The first-order valence-corrected chi connectivity index (χ1v) is 11.9. The van der Waals surface area contributed by atoms with Crippen molar-refractivity contribution in [2.75, 3.05) is 0 Å². The fourth-order valence-electron chi connectivity index (χ4n) is 3.94. The fraction of sp³-hybridized carbons (Fsp3) is 0.0476. The molecule has 0 aromatic heterocycles. The van der Waals surface area contributed by atoms with E-state index in [1.807, 2.05) is 0 Å². The van der Waals surface area contributed by atoms with E-state index in [1.54, 1.807) is 0 Å². The van der Waals surface area contributed by atoms with E-state index in [0.717, 1.165) is 0 Å². The number of hydrogen-bond donors (Lipinski definition) is 1. The van der Waals surface area contributed by atoms with Crippen LogP contribution in [0, 0.1) is 0 Å². The molecule has 5 rings (SSSR count). The van der Waals surface area contributed by atoms with Crippen LogP contribution in [0.15, 0.2) is 48.2 Å². The van der Waals surface area contributed by atoms with Crippen LogP contribution in [-0.2, 0) is 10.3 Å². The average molecular weight is 736 g/mol. The van der Waals surface area contributed by atoms with Crippen LogP contribution in [0.4, 0.5) is 0 Å². The molecule has 3 aromatic carbocycles. The van der Waals surface area contributed by atoms with Crippen molar-refractivity contribution in [1.29, 1.82) is 0 Å². The molecule has 0 radical (unpaired) electrons. The quantitative estimate of drug-likeness (QED) is 0.256. The number of aromatic carboxylic acids is 1. The molecule has 0 fully saturated rings. The van der Waals surface area contributed by atoms with E-state index < -0.39 is 29.0 Å². The Bertz CT molecular complexity index is 1350. The Morgan fingerprint density at radius 1 is 0.853 bits per heavy atom. The van der Waals surface area contributed by atoms with Gasteiger partial charge in [0.15, 0.2) is 5.60 Å². The van der Waals surface area contributed by atoms with E-state index in [-0.39, 0.29) is 99.6 Å². The van der Waals surface area contributed by atoms with Crippen LogP contribution >= 0.6 is 63.7 Å². The van der Waals surface area contributed by atoms with E-state index in [2.05, 4.69) is 63.7 Å². The molecule has 7 nitrogen and oxygen atoms in total. The summed E-state index contributed by atoms with van der Waals surface area (Å²) in [4.78, 5) is 24.4. The maximum absolute atomic E-state index is 13.0. The zero-order chi connectivity index (χ0) is 23.1. The molecule has 2 aliphatic heterocycles. The largest absolute Gasteiger partial charge is 1.00 e. The first kappa shape index (κ1) is 28.5. The Kier molecular flexibility index (Phi) is 8.38. The maximum atomic E-state index is 13.0. The number of rotatable bonds is 1. The summed E-state index contributed by atoms with van der Waals surface area (Å²) in [7, 11) is 0. The van der Waals surface area contributed by atoms with Crippen molar-refractivity contribution in [2.24, 2.45) is 0 Å². The molecule has 13 heteroatoms. The minimum atomic E-state index is -1.59. The summed E-state index contributed by atoms with van der Waals surface area (Å²) in [6.45, 7) is 0. The molecule has 2 aliphatic rings. The van der Waals surface area contributed by atoms with Gasteiger partial charge in [-0.05, 0) is 56.1 Å². The Hall–Kier alpha value is -0.0800. The molecule has 0 atom stereocenters. The number of halogens is 4. The molecule has 1 spiro atoms. The van der Waals surface area contributed by atoms with Crippen molar-refractivity contribution in [3.63, 3.8) is 0 Å². The number of carbonyl (C=O) groups excluding carboxylic acids is 1. The predicted octanol–water partition coefficient (Wildman–Crippen LogP) is -0.842. The van der Waals surface area contributed by atoms with Crippen molar-refractivity contribution < 1.29 is 93.5 Å². The van der Waals surface area contributed by atoms with Gasteiger partial charge in [-0.2, -0.15) is 0 Å². The van der Waals surface area contributed by atoms with Gasteiger partial charge >= 0.3 is 71.1 Å². The number of benzene rings is 3. The van der Waals surface area contributed by atoms with E-state index in [0.29, 0.717) is 16.7 Å². The van der Waals surface area contributed by atoms with E-state index >= 15 is 0 Å². The van der Waals surface area contributed by atoms with Gasteiger partial charge in [-0.1, -0.05) is 49.4 Å². The van der Waals surface area contributed by atoms with E-state index in [9.17, 15) is 24.9 Å². The van der Waals surface area contributed by atoms with Crippen LogP contribution in [0.1, 0.15) is 37.4 Å². The monoisotopic (exact) mass is 732 g/mol. The van der Waals surface area contributed by atoms with Gasteiger partial charge in [0.05, 0.1) is 20.1 Å². The predicted molar refractivity (Wildman–Crippen MR) is 121 cm³/mol. The summed E-state index contributed by atoms with van der Waals surface area (Å²) >= 11 is 13.0. The third-order valence-corrected chi connectivity index (χ3v) is 7.96. The standard InChI is InChI=1S/C21H8Br4O7.2Na/c22-11-4-9-17(13(24)15(11)26)31-18-10(5-12(23)16(27)14(18)25)21(9)8-2-1-6(19(28)29)3-7(8)20(30)32-21;;/h1-5,26-27H,(H,28,29);;/q;2*+1/p-2. The van der Waals surface area contributed by atoms with Crippen molar-refractivity contribution in [3.05, 3.63) is 76.0 Å². The van der Waals surface area contributed by atoms with Crippen molar-refractivity contribution >= 4 is 75.7 Å². The smallest absolute Gasteiger partial charge is 0.871 e. The van der Waals surface area contributed by atoms with Gasteiger partial charge in [0, 0.05) is 25.6 Å². The van der Waals surface area contributed by atoms with Crippen LogP contribution in [0.2, 0.25) is 0 Å². The second-order valence-electron chi connectivity index (χ2n) is 6.99. The molecule has 0 saturated carbocycles. The molecule has 3 aromatic rings. The SMILES string of the molecule is O=C(O)c1ccc2c(c1)C(=O)OC21c2cc(Br)c([O-])c(Br)c2Oc2c1cc(Br)c([O-])c2Br.[Na+].[Na+]. The van der Waals surface area contributed by atoms with Gasteiger partial charge in [-0.25, -0.2) is 9.59 Å². The molecular weight excluding hydrogens is 730 g/mol. The average Bonchev–Trinajstić information content (AvgIpc) is 3.05. The Labute approximate surface area is 270 Å². The summed E-state index contributed by atoms with van der Waals surface area (Å²) < 4.78 is 12.5.